The van der Waals surface area contributed by atoms with E-state index in [9.17, 15) is 4.79 Å². The number of H-pyrrole nitrogens is 1. The van der Waals surface area contributed by atoms with Crippen molar-refractivity contribution >= 4 is 23.5 Å². The standard InChI is InChI=1S/C10H17N5OS/c11-9-8(7-13-14-9)10(16)12-1-2-15-3-5-17-6-4-15/h7H,1-6H2,(H,12,16)(H3,11,13,14). The minimum Gasteiger partial charge on any atom is -0.383 e. The molecule has 1 fully saturated rings. The fraction of sp³-hybridized carbons (Fsp3) is 0.600. The zero-order chi connectivity index (χ0) is 12.1. The number of anilines is 1. The van der Waals surface area contributed by atoms with Crippen molar-refractivity contribution in [2.24, 2.45) is 0 Å². The Hall–Kier alpha value is -1.21. The summed E-state index contributed by atoms with van der Waals surface area (Å²) >= 11 is 1.98. The van der Waals surface area contributed by atoms with Crippen LogP contribution in [0.25, 0.3) is 0 Å². The van der Waals surface area contributed by atoms with E-state index in [0.717, 1.165) is 19.6 Å². The van der Waals surface area contributed by atoms with E-state index in [1.54, 1.807) is 0 Å². The molecule has 2 rings (SSSR count). The lowest BCUT2D eigenvalue weighted by molar-refractivity contribution is 0.0950. The summed E-state index contributed by atoms with van der Waals surface area (Å²) < 4.78 is 0. The Balaban J connectivity index is 1.71. The van der Waals surface area contributed by atoms with Gasteiger partial charge in [-0.25, -0.2) is 0 Å². The molecular weight excluding hydrogens is 238 g/mol. The van der Waals surface area contributed by atoms with Crippen molar-refractivity contribution in [1.82, 2.24) is 20.4 Å². The highest BCUT2D eigenvalue weighted by atomic mass is 32.2. The van der Waals surface area contributed by atoms with Crippen LogP contribution in [0.3, 0.4) is 0 Å². The highest BCUT2D eigenvalue weighted by Gasteiger charge is 2.13. The monoisotopic (exact) mass is 255 g/mol. The molecule has 94 valence electrons. The number of aromatic nitrogens is 2. The molecule has 1 saturated heterocycles. The summed E-state index contributed by atoms with van der Waals surface area (Å²) in [6.07, 6.45) is 1.45. The van der Waals surface area contributed by atoms with Gasteiger partial charge in [0.05, 0.1) is 6.20 Å². The molecule has 0 aliphatic carbocycles. The van der Waals surface area contributed by atoms with Gasteiger partial charge in [-0.05, 0) is 0 Å². The van der Waals surface area contributed by atoms with Crippen LogP contribution in [0.2, 0.25) is 0 Å². The molecule has 0 aromatic carbocycles. The number of hydrogen-bond acceptors (Lipinski definition) is 5. The lowest BCUT2D eigenvalue weighted by Crippen LogP contribution is -2.39. The molecule has 1 amide bonds. The van der Waals surface area contributed by atoms with Crippen molar-refractivity contribution in [1.29, 1.82) is 0 Å². The first-order chi connectivity index (χ1) is 8.27. The number of carbonyl (C=O) groups is 1. The zero-order valence-electron chi connectivity index (χ0n) is 9.61. The van der Waals surface area contributed by atoms with Crippen molar-refractivity contribution in [3.8, 4) is 0 Å². The Morgan fingerprint density at radius 3 is 3.00 bits per heavy atom. The van der Waals surface area contributed by atoms with Crippen LogP contribution in [-0.2, 0) is 0 Å². The predicted octanol–water partition coefficient (Wildman–Crippen LogP) is -0.230. The Bertz CT molecular complexity index is 375. The number of rotatable bonds is 4. The average Bonchev–Trinajstić information content (AvgIpc) is 2.77. The van der Waals surface area contributed by atoms with Gasteiger partial charge in [-0.1, -0.05) is 0 Å². The van der Waals surface area contributed by atoms with Crippen LogP contribution >= 0.6 is 11.8 Å². The quantitative estimate of drug-likeness (QED) is 0.692. The van der Waals surface area contributed by atoms with Gasteiger partial charge in [0.25, 0.3) is 5.91 Å². The smallest absolute Gasteiger partial charge is 0.256 e. The van der Waals surface area contributed by atoms with Gasteiger partial charge in [-0.15, -0.1) is 0 Å². The van der Waals surface area contributed by atoms with E-state index in [1.807, 2.05) is 11.8 Å². The van der Waals surface area contributed by atoms with Gasteiger partial charge in [0.2, 0.25) is 0 Å². The van der Waals surface area contributed by atoms with E-state index in [0.29, 0.717) is 17.9 Å². The van der Waals surface area contributed by atoms with Crippen LogP contribution < -0.4 is 11.1 Å². The summed E-state index contributed by atoms with van der Waals surface area (Å²) in [7, 11) is 0. The molecule has 1 aromatic rings. The number of hydrogen-bond donors (Lipinski definition) is 3. The highest BCUT2D eigenvalue weighted by molar-refractivity contribution is 7.99. The van der Waals surface area contributed by atoms with Gasteiger partial charge in [-0.2, -0.15) is 16.9 Å². The SMILES string of the molecule is Nc1[nH]ncc1C(=O)NCCN1CCSCC1. The van der Waals surface area contributed by atoms with Crippen LogP contribution in [0.5, 0.6) is 0 Å². The third-order valence-corrected chi connectivity index (χ3v) is 3.67. The number of carbonyl (C=O) groups excluding carboxylic acids is 1. The predicted molar refractivity (Wildman–Crippen MR) is 69.1 cm³/mol. The molecule has 17 heavy (non-hydrogen) atoms. The summed E-state index contributed by atoms with van der Waals surface area (Å²) in [4.78, 5) is 14.1. The van der Waals surface area contributed by atoms with Gasteiger partial charge in [0.15, 0.2) is 0 Å². The van der Waals surface area contributed by atoms with Gasteiger partial charge >= 0.3 is 0 Å². The number of aromatic amines is 1. The average molecular weight is 255 g/mol. The molecule has 0 bridgehead atoms. The van der Waals surface area contributed by atoms with Crippen LogP contribution in [-0.4, -0.2) is 58.7 Å². The second kappa shape index (κ2) is 5.92. The first kappa shape index (κ1) is 12.3. The molecule has 0 atom stereocenters. The third kappa shape index (κ3) is 3.37. The Morgan fingerprint density at radius 1 is 1.59 bits per heavy atom. The van der Waals surface area contributed by atoms with Gasteiger partial charge in [0.1, 0.15) is 11.4 Å². The van der Waals surface area contributed by atoms with Crippen LogP contribution in [0.1, 0.15) is 10.4 Å². The second-order valence-electron chi connectivity index (χ2n) is 3.91. The van der Waals surface area contributed by atoms with Crippen molar-refractivity contribution in [2.45, 2.75) is 0 Å². The molecule has 1 aliphatic rings. The molecule has 0 radical (unpaired) electrons. The third-order valence-electron chi connectivity index (χ3n) is 2.73. The summed E-state index contributed by atoms with van der Waals surface area (Å²) in [6, 6.07) is 0. The van der Waals surface area contributed by atoms with Crippen LogP contribution in [0.4, 0.5) is 5.82 Å². The van der Waals surface area contributed by atoms with Crippen LogP contribution in [0.15, 0.2) is 6.20 Å². The van der Waals surface area contributed by atoms with Gasteiger partial charge in [-0.3, -0.25) is 14.8 Å². The number of nitrogens with one attached hydrogen (secondary N) is 2. The summed E-state index contributed by atoms with van der Waals surface area (Å²) in [5.41, 5.74) is 5.98. The fourth-order valence-corrected chi connectivity index (χ4v) is 2.70. The highest BCUT2D eigenvalue weighted by Crippen LogP contribution is 2.08. The summed E-state index contributed by atoms with van der Waals surface area (Å²) in [5.74, 6) is 2.52. The minimum atomic E-state index is -0.164. The van der Waals surface area contributed by atoms with Crippen molar-refractivity contribution in [3.63, 3.8) is 0 Å². The molecule has 0 saturated carbocycles. The van der Waals surface area contributed by atoms with Crippen molar-refractivity contribution < 1.29 is 4.79 Å². The first-order valence-corrected chi connectivity index (χ1v) is 6.80. The van der Waals surface area contributed by atoms with Crippen molar-refractivity contribution in [2.75, 3.05) is 43.4 Å². The number of nitrogens with zero attached hydrogens (tertiary/aromatic N) is 2. The Morgan fingerprint density at radius 2 is 2.35 bits per heavy atom. The molecule has 6 nitrogen and oxygen atoms in total. The number of amides is 1. The molecule has 2 heterocycles. The van der Waals surface area contributed by atoms with E-state index >= 15 is 0 Å². The molecule has 0 spiro atoms. The maximum absolute atomic E-state index is 11.7. The van der Waals surface area contributed by atoms with Crippen molar-refractivity contribution in [3.05, 3.63) is 11.8 Å². The first-order valence-electron chi connectivity index (χ1n) is 5.64. The summed E-state index contributed by atoms with van der Waals surface area (Å²) in [6.45, 7) is 3.75. The topological polar surface area (TPSA) is 87.0 Å². The van der Waals surface area contributed by atoms with E-state index < -0.39 is 0 Å². The normalized spacial score (nSPS) is 16.9. The molecular formula is C10H17N5OS. The zero-order valence-corrected chi connectivity index (χ0v) is 10.4. The maximum atomic E-state index is 11.7. The van der Waals surface area contributed by atoms with E-state index in [1.165, 1.54) is 17.7 Å². The molecule has 1 aliphatic heterocycles. The number of thioether (sulfide) groups is 1. The number of nitrogens with two attached hydrogens (primary N) is 1. The van der Waals surface area contributed by atoms with E-state index in [2.05, 4.69) is 20.4 Å². The lowest BCUT2D eigenvalue weighted by Gasteiger charge is -2.25. The Kier molecular flexibility index (Phi) is 4.27. The maximum Gasteiger partial charge on any atom is 0.256 e. The molecule has 0 unspecified atom stereocenters. The lowest BCUT2D eigenvalue weighted by atomic mass is 10.3. The molecule has 1 aromatic heterocycles. The molecule has 7 heteroatoms. The number of nitrogen functional groups attached to an aromatic ring is 1. The summed E-state index contributed by atoms with van der Waals surface area (Å²) in [5, 5.41) is 9.11. The Labute approximate surface area is 104 Å². The van der Waals surface area contributed by atoms with Crippen LogP contribution in [0, 0.1) is 0 Å². The second-order valence-corrected chi connectivity index (χ2v) is 5.13. The van der Waals surface area contributed by atoms with Gasteiger partial charge in [0, 0.05) is 37.7 Å². The minimum absolute atomic E-state index is 0.164. The van der Waals surface area contributed by atoms with E-state index in [4.69, 9.17) is 5.73 Å². The largest absolute Gasteiger partial charge is 0.383 e. The van der Waals surface area contributed by atoms with Gasteiger partial charge < -0.3 is 11.1 Å². The molecule has 4 N–H and O–H groups in total. The fourth-order valence-electron chi connectivity index (χ4n) is 1.72. The van der Waals surface area contributed by atoms with E-state index in [-0.39, 0.29) is 5.91 Å².